The van der Waals surface area contributed by atoms with Crippen molar-refractivity contribution >= 4 is 11.9 Å². The molecule has 0 aromatic carbocycles. The third-order valence-corrected chi connectivity index (χ3v) is 3.02. The number of carboxylic acids is 1. The van der Waals surface area contributed by atoms with Gasteiger partial charge in [-0.3, -0.25) is 9.59 Å². The number of nitrogens with one attached hydrogen (secondary N) is 1. The quantitative estimate of drug-likeness (QED) is 0.680. The second-order valence-electron chi connectivity index (χ2n) is 4.14. The zero-order valence-corrected chi connectivity index (χ0v) is 11.1. The fraction of sp³-hybridized carbons (Fsp3) is 0.833. The van der Waals surface area contributed by atoms with Crippen LogP contribution in [0.2, 0.25) is 0 Å². The monoisotopic (exact) mass is 245 g/mol. The third kappa shape index (κ3) is 5.17. The molecule has 5 nitrogen and oxygen atoms in total. The Morgan fingerprint density at radius 1 is 1.29 bits per heavy atom. The van der Waals surface area contributed by atoms with E-state index in [-0.39, 0.29) is 12.3 Å². The van der Waals surface area contributed by atoms with Crippen molar-refractivity contribution in [3.05, 3.63) is 0 Å². The largest absolute Gasteiger partial charge is 0.481 e. The summed E-state index contributed by atoms with van der Waals surface area (Å²) in [5.74, 6) is -1.16. The van der Waals surface area contributed by atoms with Gasteiger partial charge < -0.3 is 15.2 Å². The number of carboxylic acid groups (broad SMARTS) is 1. The minimum atomic E-state index is -0.905. The Morgan fingerprint density at radius 2 is 1.82 bits per heavy atom. The van der Waals surface area contributed by atoms with Gasteiger partial charge in [-0.25, -0.2) is 0 Å². The summed E-state index contributed by atoms with van der Waals surface area (Å²) in [5.41, 5.74) is -0.672. The maximum Gasteiger partial charge on any atom is 0.305 e. The highest BCUT2D eigenvalue weighted by molar-refractivity contribution is 5.82. The molecule has 0 aliphatic carbocycles. The Morgan fingerprint density at radius 3 is 2.18 bits per heavy atom. The summed E-state index contributed by atoms with van der Waals surface area (Å²) in [7, 11) is 0. The molecular weight excluding hydrogens is 222 g/mol. The lowest BCUT2D eigenvalue weighted by molar-refractivity contribution is -0.140. The lowest BCUT2D eigenvalue weighted by atomic mass is 9.88. The van der Waals surface area contributed by atoms with Gasteiger partial charge in [0.25, 0.3) is 0 Å². The summed E-state index contributed by atoms with van der Waals surface area (Å²) in [6.07, 6.45) is 0.553. The first-order valence-electron chi connectivity index (χ1n) is 6.06. The van der Waals surface area contributed by atoms with Gasteiger partial charge in [0.1, 0.15) is 6.10 Å². The number of aliphatic carboxylic acids is 1. The number of hydrogen-bond acceptors (Lipinski definition) is 3. The molecule has 0 heterocycles. The van der Waals surface area contributed by atoms with Crippen LogP contribution in [0, 0.1) is 0 Å². The number of amides is 1. The number of rotatable bonds is 8. The minimum Gasteiger partial charge on any atom is -0.481 e. The highest BCUT2D eigenvalue weighted by atomic mass is 16.5. The fourth-order valence-electron chi connectivity index (χ4n) is 1.70. The van der Waals surface area contributed by atoms with Crippen LogP contribution in [0.1, 0.15) is 47.0 Å². The van der Waals surface area contributed by atoms with E-state index < -0.39 is 17.6 Å². The Labute approximate surface area is 103 Å². The Bertz CT molecular complexity index is 261. The second-order valence-corrected chi connectivity index (χ2v) is 4.14. The molecule has 0 aliphatic rings. The fourth-order valence-corrected chi connectivity index (χ4v) is 1.70. The molecule has 0 saturated heterocycles. The van der Waals surface area contributed by atoms with E-state index >= 15 is 0 Å². The molecule has 1 atom stereocenters. The van der Waals surface area contributed by atoms with Crippen molar-refractivity contribution in [1.82, 2.24) is 5.32 Å². The van der Waals surface area contributed by atoms with E-state index in [0.717, 1.165) is 0 Å². The van der Waals surface area contributed by atoms with Crippen molar-refractivity contribution in [3.63, 3.8) is 0 Å². The highest BCUT2D eigenvalue weighted by Crippen LogP contribution is 2.20. The molecule has 100 valence electrons. The van der Waals surface area contributed by atoms with Gasteiger partial charge in [0, 0.05) is 6.61 Å². The summed E-state index contributed by atoms with van der Waals surface area (Å²) in [6, 6.07) is 0. The van der Waals surface area contributed by atoms with Gasteiger partial charge >= 0.3 is 5.97 Å². The van der Waals surface area contributed by atoms with Crippen molar-refractivity contribution in [1.29, 1.82) is 0 Å². The molecule has 0 bridgehead atoms. The molecule has 0 aromatic heterocycles. The normalized spacial score (nSPS) is 13.2. The van der Waals surface area contributed by atoms with E-state index in [4.69, 9.17) is 9.84 Å². The van der Waals surface area contributed by atoms with Gasteiger partial charge in [-0.2, -0.15) is 0 Å². The van der Waals surface area contributed by atoms with Crippen LogP contribution in [0.5, 0.6) is 0 Å². The van der Waals surface area contributed by atoms with Gasteiger partial charge in [-0.05, 0) is 26.7 Å². The first kappa shape index (κ1) is 15.9. The predicted octanol–water partition coefficient (Wildman–Crippen LogP) is 1.56. The molecule has 1 unspecified atom stereocenters. The van der Waals surface area contributed by atoms with Crippen LogP contribution in [0.3, 0.4) is 0 Å². The molecular formula is C12H23NO4. The molecule has 0 rings (SSSR count). The van der Waals surface area contributed by atoms with Crippen LogP contribution >= 0.6 is 0 Å². The summed E-state index contributed by atoms with van der Waals surface area (Å²) < 4.78 is 5.18. The topological polar surface area (TPSA) is 75.6 Å². The summed E-state index contributed by atoms with van der Waals surface area (Å²) >= 11 is 0. The first-order valence-corrected chi connectivity index (χ1v) is 6.06. The Kier molecular flexibility index (Phi) is 6.80. The minimum absolute atomic E-state index is 0.0649. The summed E-state index contributed by atoms with van der Waals surface area (Å²) in [6.45, 7) is 7.68. The van der Waals surface area contributed by atoms with E-state index in [9.17, 15) is 9.59 Å². The maximum absolute atomic E-state index is 11.8. The molecule has 0 aromatic rings. The van der Waals surface area contributed by atoms with Crippen LogP contribution < -0.4 is 5.32 Å². The van der Waals surface area contributed by atoms with E-state index in [1.807, 2.05) is 20.8 Å². The predicted molar refractivity (Wildman–Crippen MR) is 64.8 cm³/mol. The van der Waals surface area contributed by atoms with Crippen molar-refractivity contribution < 1.29 is 19.4 Å². The van der Waals surface area contributed by atoms with E-state index in [0.29, 0.717) is 19.4 Å². The van der Waals surface area contributed by atoms with Crippen molar-refractivity contribution in [2.75, 3.05) is 6.61 Å². The van der Waals surface area contributed by atoms with E-state index in [2.05, 4.69) is 5.32 Å². The number of hydrogen-bond donors (Lipinski definition) is 2. The Hall–Kier alpha value is -1.10. The highest BCUT2D eigenvalue weighted by Gasteiger charge is 2.32. The molecule has 17 heavy (non-hydrogen) atoms. The summed E-state index contributed by atoms with van der Waals surface area (Å²) in [4.78, 5) is 22.6. The average Bonchev–Trinajstić information content (AvgIpc) is 2.27. The lowest BCUT2D eigenvalue weighted by Crippen LogP contribution is -2.52. The molecule has 1 amide bonds. The van der Waals surface area contributed by atoms with E-state index in [1.54, 1.807) is 6.92 Å². The Balaban J connectivity index is 4.63. The molecule has 0 fully saturated rings. The molecule has 0 aliphatic heterocycles. The standard InChI is InChI=1S/C12H23NO4/c1-5-12(6-2,8-10(14)15)13-11(16)9(4)17-7-3/h9H,5-8H2,1-4H3,(H,13,16)(H,14,15). The average molecular weight is 245 g/mol. The third-order valence-electron chi connectivity index (χ3n) is 3.02. The van der Waals surface area contributed by atoms with Crippen LogP contribution in [0.25, 0.3) is 0 Å². The van der Waals surface area contributed by atoms with Crippen molar-refractivity contribution in [3.8, 4) is 0 Å². The lowest BCUT2D eigenvalue weighted by Gasteiger charge is -2.32. The maximum atomic E-state index is 11.8. The number of carbonyl (C=O) groups excluding carboxylic acids is 1. The number of ether oxygens (including phenoxy) is 1. The zero-order chi connectivity index (χ0) is 13.5. The summed E-state index contributed by atoms with van der Waals surface area (Å²) in [5, 5.41) is 11.7. The first-order chi connectivity index (χ1) is 7.90. The molecule has 5 heteroatoms. The molecule has 2 N–H and O–H groups in total. The van der Waals surface area contributed by atoms with Crippen molar-refractivity contribution in [2.45, 2.75) is 58.6 Å². The van der Waals surface area contributed by atoms with Gasteiger partial charge in [-0.1, -0.05) is 13.8 Å². The van der Waals surface area contributed by atoms with Crippen LogP contribution in [0.4, 0.5) is 0 Å². The van der Waals surface area contributed by atoms with Gasteiger partial charge in [0.05, 0.1) is 12.0 Å². The molecule has 0 spiro atoms. The molecule has 0 saturated carbocycles. The van der Waals surface area contributed by atoms with E-state index in [1.165, 1.54) is 0 Å². The van der Waals surface area contributed by atoms with Gasteiger partial charge in [0.2, 0.25) is 5.91 Å². The second kappa shape index (κ2) is 7.27. The zero-order valence-electron chi connectivity index (χ0n) is 11.1. The van der Waals surface area contributed by atoms with Crippen molar-refractivity contribution in [2.24, 2.45) is 0 Å². The van der Waals surface area contributed by atoms with Gasteiger partial charge in [-0.15, -0.1) is 0 Å². The molecule has 0 radical (unpaired) electrons. The van der Waals surface area contributed by atoms with Gasteiger partial charge in [0.15, 0.2) is 0 Å². The number of carbonyl (C=O) groups is 2. The van der Waals surface area contributed by atoms with Crippen LogP contribution in [-0.2, 0) is 14.3 Å². The SMILES string of the molecule is CCOC(C)C(=O)NC(CC)(CC)CC(=O)O. The van der Waals surface area contributed by atoms with Crippen LogP contribution in [-0.4, -0.2) is 35.2 Å². The van der Waals surface area contributed by atoms with Crippen LogP contribution in [0.15, 0.2) is 0 Å². The smallest absolute Gasteiger partial charge is 0.305 e.